The molecule has 1 saturated heterocycles. The van der Waals surface area contributed by atoms with E-state index in [4.69, 9.17) is 8.94 Å². The van der Waals surface area contributed by atoms with Gasteiger partial charge in [-0.15, -0.1) is 0 Å². The molecule has 0 saturated carbocycles. The summed E-state index contributed by atoms with van der Waals surface area (Å²) in [5.41, 5.74) is 0.748. The summed E-state index contributed by atoms with van der Waals surface area (Å²) in [7, 11) is 0. The van der Waals surface area contributed by atoms with Gasteiger partial charge in [0.2, 0.25) is 17.6 Å². The molecule has 0 spiro atoms. The number of piperidine rings is 1. The SMILES string of the molecule is Cc1cnc(C(C)N2CCCC(c3nc(-c4ccc(F)cc4)no3)C2)o1. The molecule has 2 aromatic heterocycles. The highest BCUT2D eigenvalue weighted by Gasteiger charge is 2.30. The molecule has 1 aromatic carbocycles. The molecule has 2 atom stereocenters. The first-order chi connectivity index (χ1) is 12.6. The molecule has 0 aliphatic carbocycles. The molecule has 0 radical (unpaired) electrons. The molecule has 3 heterocycles. The van der Waals surface area contributed by atoms with E-state index in [9.17, 15) is 4.39 Å². The Labute approximate surface area is 151 Å². The number of rotatable bonds is 4. The van der Waals surface area contributed by atoms with E-state index in [-0.39, 0.29) is 17.8 Å². The normalized spacial score (nSPS) is 19.6. The summed E-state index contributed by atoms with van der Waals surface area (Å²) >= 11 is 0. The summed E-state index contributed by atoms with van der Waals surface area (Å²) in [5, 5.41) is 4.06. The van der Waals surface area contributed by atoms with Crippen molar-refractivity contribution in [1.82, 2.24) is 20.0 Å². The van der Waals surface area contributed by atoms with Crippen LogP contribution in [-0.4, -0.2) is 33.1 Å². The lowest BCUT2D eigenvalue weighted by Gasteiger charge is -2.34. The van der Waals surface area contributed by atoms with Crippen LogP contribution in [0.4, 0.5) is 4.39 Å². The minimum absolute atomic E-state index is 0.103. The number of aryl methyl sites for hydroxylation is 1. The Kier molecular flexibility index (Phi) is 4.55. The van der Waals surface area contributed by atoms with Crippen LogP contribution in [0.1, 0.15) is 49.3 Å². The second-order valence-corrected chi connectivity index (χ2v) is 6.78. The Hall–Kier alpha value is -2.54. The van der Waals surface area contributed by atoms with Gasteiger partial charge >= 0.3 is 0 Å². The summed E-state index contributed by atoms with van der Waals surface area (Å²) in [6.45, 7) is 5.80. The van der Waals surface area contributed by atoms with E-state index < -0.39 is 0 Å². The van der Waals surface area contributed by atoms with Crippen molar-refractivity contribution in [3.8, 4) is 11.4 Å². The van der Waals surface area contributed by atoms with Crippen LogP contribution in [-0.2, 0) is 0 Å². The number of halogens is 1. The van der Waals surface area contributed by atoms with Gasteiger partial charge in [0.25, 0.3) is 0 Å². The summed E-state index contributed by atoms with van der Waals surface area (Å²) in [5.74, 6) is 2.57. The number of benzene rings is 1. The number of nitrogens with zero attached hydrogens (tertiary/aromatic N) is 4. The molecule has 2 unspecified atom stereocenters. The molecule has 1 aliphatic heterocycles. The number of oxazole rings is 1. The van der Waals surface area contributed by atoms with Gasteiger partial charge in [0, 0.05) is 12.1 Å². The molecule has 7 heteroatoms. The minimum atomic E-state index is -0.281. The van der Waals surface area contributed by atoms with Crippen molar-refractivity contribution in [2.45, 2.75) is 38.6 Å². The predicted octanol–water partition coefficient (Wildman–Crippen LogP) is 4.11. The third kappa shape index (κ3) is 3.39. The van der Waals surface area contributed by atoms with Gasteiger partial charge in [0.15, 0.2) is 0 Å². The van der Waals surface area contributed by atoms with Crippen LogP contribution in [0.15, 0.2) is 39.4 Å². The molecule has 3 aromatic rings. The fourth-order valence-electron chi connectivity index (χ4n) is 3.40. The Morgan fingerprint density at radius 1 is 1.27 bits per heavy atom. The maximum absolute atomic E-state index is 13.1. The second-order valence-electron chi connectivity index (χ2n) is 6.78. The largest absolute Gasteiger partial charge is 0.444 e. The zero-order chi connectivity index (χ0) is 18.1. The predicted molar refractivity (Wildman–Crippen MR) is 92.9 cm³/mol. The Morgan fingerprint density at radius 2 is 2.08 bits per heavy atom. The van der Waals surface area contributed by atoms with Gasteiger partial charge in [-0.05, 0) is 57.5 Å². The van der Waals surface area contributed by atoms with Crippen LogP contribution in [0.3, 0.4) is 0 Å². The molecular weight excluding hydrogens is 335 g/mol. The Balaban J connectivity index is 1.48. The van der Waals surface area contributed by atoms with Gasteiger partial charge in [0.05, 0.1) is 18.2 Å². The van der Waals surface area contributed by atoms with Crippen molar-refractivity contribution >= 4 is 0 Å². The quantitative estimate of drug-likeness (QED) is 0.701. The molecule has 1 aliphatic rings. The second kappa shape index (κ2) is 6.99. The topological polar surface area (TPSA) is 68.2 Å². The minimum Gasteiger partial charge on any atom is -0.444 e. The van der Waals surface area contributed by atoms with Gasteiger partial charge in [-0.1, -0.05) is 5.16 Å². The van der Waals surface area contributed by atoms with E-state index in [1.54, 1.807) is 18.3 Å². The van der Waals surface area contributed by atoms with E-state index in [2.05, 4.69) is 26.9 Å². The van der Waals surface area contributed by atoms with Crippen molar-refractivity contribution < 1.29 is 13.3 Å². The van der Waals surface area contributed by atoms with Crippen LogP contribution in [0.2, 0.25) is 0 Å². The van der Waals surface area contributed by atoms with Crippen LogP contribution in [0.5, 0.6) is 0 Å². The first kappa shape index (κ1) is 16.9. The number of hydrogen-bond acceptors (Lipinski definition) is 6. The average Bonchev–Trinajstić information content (AvgIpc) is 3.31. The first-order valence-electron chi connectivity index (χ1n) is 8.86. The summed E-state index contributed by atoms with van der Waals surface area (Å²) in [6, 6.07) is 6.21. The maximum Gasteiger partial charge on any atom is 0.231 e. The van der Waals surface area contributed by atoms with Crippen molar-refractivity contribution in [1.29, 1.82) is 0 Å². The van der Waals surface area contributed by atoms with Crippen molar-refractivity contribution in [2.75, 3.05) is 13.1 Å². The lowest BCUT2D eigenvalue weighted by atomic mass is 9.96. The van der Waals surface area contributed by atoms with Gasteiger partial charge in [-0.25, -0.2) is 9.37 Å². The lowest BCUT2D eigenvalue weighted by Crippen LogP contribution is -2.36. The Bertz CT molecular complexity index is 874. The molecule has 26 heavy (non-hydrogen) atoms. The van der Waals surface area contributed by atoms with E-state index >= 15 is 0 Å². The third-order valence-corrected chi connectivity index (χ3v) is 4.89. The van der Waals surface area contributed by atoms with Crippen molar-refractivity contribution in [3.05, 3.63) is 53.8 Å². The summed E-state index contributed by atoms with van der Waals surface area (Å²) < 4.78 is 24.3. The first-order valence-corrected chi connectivity index (χ1v) is 8.86. The smallest absolute Gasteiger partial charge is 0.231 e. The molecule has 4 rings (SSSR count). The fourth-order valence-corrected chi connectivity index (χ4v) is 3.40. The Morgan fingerprint density at radius 3 is 2.81 bits per heavy atom. The average molecular weight is 356 g/mol. The number of likely N-dealkylation sites (tertiary alicyclic amines) is 1. The van der Waals surface area contributed by atoms with Gasteiger partial charge in [-0.3, -0.25) is 4.90 Å². The highest BCUT2D eigenvalue weighted by molar-refractivity contribution is 5.53. The van der Waals surface area contributed by atoms with Gasteiger partial charge in [0.1, 0.15) is 11.6 Å². The van der Waals surface area contributed by atoms with E-state index in [0.29, 0.717) is 11.7 Å². The lowest BCUT2D eigenvalue weighted by molar-refractivity contribution is 0.127. The van der Waals surface area contributed by atoms with Crippen LogP contribution < -0.4 is 0 Å². The molecule has 0 amide bonds. The maximum atomic E-state index is 13.1. The highest BCUT2D eigenvalue weighted by atomic mass is 19.1. The number of hydrogen-bond donors (Lipinski definition) is 0. The molecular formula is C19H21FN4O2. The molecule has 136 valence electrons. The van der Waals surface area contributed by atoms with Crippen molar-refractivity contribution in [3.63, 3.8) is 0 Å². The van der Waals surface area contributed by atoms with E-state index in [1.165, 1.54) is 12.1 Å². The van der Waals surface area contributed by atoms with Gasteiger partial charge < -0.3 is 8.94 Å². The molecule has 6 nitrogen and oxygen atoms in total. The van der Waals surface area contributed by atoms with E-state index in [1.807, 2.05) is 6.92 Å². The molecule has 1 fully saturated rings. The van der Waals surface area contributed by atoms with Crippen LogP contribution in [0, 0.1) is 12.7 Å². The van der Waals surface area contributed by atoms with Crippen LogP contribution >= 0.6 is 0 Å². The number of aromatic nitrogens is 3. The molecule has 0 bridgehead atoms. The summed E-state index contributed by atoms with van der Waals surface area (Å²) in [4.78, 5) is 11.2. The monoisotopic (exact) mass is 356 g/mol. The fraction of sp³-hybridized carbons (Fsp3) is 0.421. The van der Waals surface area contributed by atoms with E-state index in [0.717, 1.165) is 43.1 Å². The van der Waals surface area contributed by atoms with Gasteiger partial charge in [-0.2, -0.15) is 4.98 Å². The third-order valence-electron chi connectivity index (χ3n) is 4.89. The zero-order valence-electron chi connectivity index (χ0n) is 14.9. The summed E-state index contributed by atoms with van der Waals surface area (Å²) in [6.07, 6.45) is 3.79. The molecule has 0 N–H and O–H groups in total. The zero-order valence-corrected chi connectivity index (χ0v) is 14.9. The van der Waals surface area contributed by atoms with Crippen molar-refractivity contribution in [2.24, 2.45) is 0 Å². The standard InChI is InChI=1S/C19H21FN4O2/c1-12-10-21-18(25-12)13(2)24-9-3-4-15(11-24)19-22-17(23-26-19)14-5-7-16(20)8-6-14/h5-8,10,13,15H,3-4,9,11H2,1-2H3. The van der Waals surface area contributed by atoms with Crippen LogP contribution in [0.25, 0.3) is 11.4 Å². The highest BCUT2D eigenvalue weighted by Crippen LogP contribution is 2.32.